The lowest BCUT2D eigenvalue weighted by Crippen LogP contribution is -2.28. The first-order valence-electron chi connectivity index (χ1n) is 4.88. The summed E-state index contributed by atoms with van der Waals surface area (Å²) in [6.45, 7) is 2.78. The van der Waals surface area contributed by atoms with Gasteiger partial charge in [-0.1, -0.05) is 6.92 Å². The summed E-state index contributed by atoms with van der Waals surface area (Å²) < 4.78 is 5.53. The van der Waals surface area contributed by atoms with E-state index in [1.54, 1.807) is 0 Å². The molecule has 2 unspecified atom stereocenters. The molecule has 0 heterocycles. The molecule has 1 aliphatic rings. The second-order valence-electron chi connectivity index (χ2n) is 3.88. The monoisotopic (exact) mass is 183 g/mol. The SMILES string of the molecule is CC1CCC(C#N)(OCCCO)C1. The van der Waals surface area contributed by atoms with E-state index in [1.807, 2.05) is 0 Å². The molecule has 13 heavy (non-hydrogen) atoms. The Balaban J connectivity index is 2.38. The predicted octanol–water partition coefficient (Wildman–Crippen LogP) is 1.47. The predicted molar refractivity (Wildman–Crippen MR) is 49.0 cm³/mol. The minimum atomic E-state index is -0.547. The maximum atomic E-state index is 9.00. The average molecular weight is 183 g/mol. The van der Waals surface area contributed by atoms with Crippen LogP contribution in [0.4, 0.5) is 0 Å². The van der Waals surface area contributed by atoms with Crippen LogP contribution in [-0.4, -0.2) is 23.9 Å². The van der Waals surface area contributed by atoms with E-state index in [4.69, 9.17) is 15.1 Å². The van der Waals surface area contributed by atoms with Gasteiger partial charge in [0.1, 0.15) is 0 Å². The summed E-state index contributed by atoms with van der Waals surface area (Å²) in [6.07, 6.45) is 3.38. The lowest BCUT2D eigenvalue weighted by Gasteiger charge is -2.21. The first-order chi connectivity index (χ1) is 6.22. The molecule has 1 saturated carbocycles. The van der Waals surface area contributed by atoms with Crippen LogP contribution in [0, 0.1) is 17.2 Å². The van der Waals surface area contributed by atoms with E-state index in [2.05, 4.69) is 13.0 Å². The van der Waals surface area contributed by atoms with E-state index in [9.17, 15) is 0 Å². The fourth-order valence-electron chi connectivity index (χ4n) is 1.84. The van der Waals surface area contributed by atoms with E-state index >= 15 is 0 Å². The summed E-state index contributed by atoms with van der Waals surface area (Å²) in [5.41, 5.74) is -0.547. The molecule has 1 N–H and O–H groups in total. The smallest absolute Gasteiger partial charge is 0.154 e. The molecule has 0 amide bonds. The molecular weight excluding hydrogens is 166 g/mol. The highest BCUT2D eigenvalue weighted by Crippen LogP contribution is 2.36. The summed E-state index contributed by atoms with van der Waals surface area (Å²) in [7, 11) is 0. The highest BCUT2D eigenvalue weighted by molar-refractivity contribution is 5.06. The Kier molecular flexibility index (Phi) is 3.71. The van der Waals surface area contributed by atoms with Crippen LogP contribution in [0.15, 0.2) is 0 Å². The molecule has 1 aliphatic carbocycles. The van der Waals surface area contributed by atoms with Gasteiger partial charge < -0.3 is 9.84 Å². The maximum Gasteiger partial charge on any atom is 0.154 e. The standard InChI is InChI=1S/C10H17NO2/c1-9-3-4-10(7-9,8-11)13-6-2-5-12/h9,12H,2-7H2,1H3. The van der Waals surface area contributed by atoms with Gasteiger partial charge in [0.15, 0.2) is 5.60 Å². The summed E-state index contributed by atoms with van der Waals surface area (Å²) >= 11 is 0. The first kappa shape index (κ1) is 10.5. The number of aliphatic hydroxyl groups excluding tert-OH is 1. The average Bonchev–Trinajstić information content (AvgIpc) is 2.49. The Hall–Kier alpha value is -0.590. The van der Waals surface area contributed by atoms with Gasteiger partial charge in [-0.2, -0.15) is 5.26 Å². The molecule has 0 radical (unpaired) electrons. The van der Waals surface area contributed by atoms with Crippen LogP contribution in [0.5, 0.6) is 0 Å². The zero-order valence-corrected chi connectivity index (χ0v) is 8.12. The summed E-state index contributed by atoms with van der Waals surface area (Å²) in [4.78, 5) is 0. The van der Waals surface area contributed by atoms with Crippen LogP contribution in [0.25, 0.3) is 0 Å². The van der Waals surface area contributed by atoms with Crippen molar-refractivity contribution in [2.45, 2.75) is 38.2 Å². The molecule has 0 saturated heterocycles. The molecule has 3 heteroatoms. The van der Waals surface area contributed by atoms with Crippen molar-refractivity contribution < 1.29 is 9.84 Å². The number of ether oxygens (including phenoxy) is 1. The minimum Gasteiger partial charge on any atom is -0.396 e. The van der Waals surface area contributed by atoms with Crippen LogP contribution < -0.4 is 0 Å². The van der Waals surface area contributed by atoms with Crippen molar-refractivity contribution in [2.24, 2.45) is 5.92 Å². The maximum absolute atomic E-state index is 9.00. The number of hydrogen-bond donors (Lipinski definition) is 1. The Morgan fingerprint density at radius 3 is 2.92 bits per heavy atom. The Labute approximate surface area is 79.3 Å². The van der Waals surface area contributed by atoms with Crippen molar-refractivity contribution in [3.63, 3.8) is 0 Å². The molecule has 0 bridgehead atoms. The largest absolute Gasteiger partial charge is 0.396 e. The molecule has 3 nitrogen and oxygen atoms in total. The van der Waals surface area contributed by atoms with Crippen molar-refractivity contribution >= 4 is 0 Å². The molecule has 0 spiro atoms. The van der Waals surface area contributed by atoms with Gasteiger partial charge in [-0.15, -0.1) is 0 Å². The van der Waals surface area contributed by atoms with Crippen LogP contribution in [0.2, 0.25) is 0 Å². The minimum absolute atomic E-state index is 0.136. The third-order valence-corrected chi connectivity index (χ3v) is 2.60. The molecule has 2 atom stereocenters. The van der Waals surface area contributed by atoms with Gasteiger partial charge in [0.2, 0.25) is 0 Å². The van der Waals surface area contributed by atoms with Gasteiger partial charge in [-0.3, -0.25) is 0 Å². The normalized spacial score (nSPS) is 33.2. The molecular formula is C10H17NO2. The van der Waals surface area contributed by atoms with Gasteiger partial charge in [-0.25, -0.2) is 0 Å². The van der Waals surface area contributed by atoms with Gasteiger partial charge in [0, 0.05) is 6.61 Å². The Morgan fingerprint density at radius 2 is 2.46 bits per heavy atom. The number of rotatable bonds is 4. The van der Waals surface area contributed by atoms with Crippen LogP contribution >= 0.6 is 0 Å². The first-order valence-corrected chi connectivity index (χ1v) is 4.88. The van der Waals surface area contributed by atoms with Crippen molar-refractivity contribution in [3.8, 4) is 6.07 Å². The second kappa shape index (κ2) is 4.59. The zero-order valence-electron chi connectivity index (χ0n) is 8.12. The molecule has 0 aliphatic heterocycles. The van der Waals surface area contributed by atoms with E-state index < -0.39 is 5.60 Å². The van der Waals surface area contributed by atoms with Gasteiger partial charge in [0.05, 0.1) is 12.7 Å². The Bertz CT molecular complexity index is 200. The van der Waals surface area contributed by atoms with E-state index in [-0.39, 0.29) is 6.61 Å². The highest BCUT2D eigenvalue weighted by Gasteiger charge is 2.38. The zero-order chi connectivity index (χ0) is 9.73. The highest BCUT2D eigenvalue weighted by atomic mass is 16.5. The number of aliphatic hydroxyl groups is 1. The fourth-order valence-corrected chi connectivity index (χ4v) is 1.84. The van der Waals surface area contributed by atoms with Crippen molar-refractivity contribution in [1.82, 2.24) is 0 Å². The van der Waals surface area contributed by atoms with Crippen LogP contribution in [0.1, 0.15) is 32.6 Å². The molecule has 1 rings (SSSR count). The number of nitriles is 1. The summed E-state index contributed by atoms with van der Waals surface area (Å²) in [5, 5.41) is 17.6. The van der Waals surface area contributed by atoms with Crippen molar-refractivity contribution in [3.05, 3.63) is 0 Å². The van der Waals surface area contributed by atoms with Gasteiger partial charge in [-0.05, 0) is 31.6 Å². The lowest BCUT2D eigenvalue weighted by molar-refractivity contribution is -0.00548. The Morgan fingerprint density at radius 1 is 1.69 bits per heavy atom. The second-order valence-corrected chi connectivity index (χ2v) is 3.88. The third-order valence-electron chi connectivity index (χ3n) is 2.60. The van der Waals surface area contributed by atoms with Gasteiger partial charge >= 0.3 is 0 Å². The van der Waals surface area contributed by atoms with Gasteiger partial charge in [0.25, 0.3) is 0 Å². The van der Waals surface area contributed by atoms with Crippen LogP contribution in [-0.2, 0) is 4.74 Å². The molecule has 0 aromatic carbocycles. The number of hydrogen-bond acceptors (Lipinski definition) is 3. The molecule has 0 aromatic heterocycles. The van der Waals surface area contributed by atoms with Crippen LogP contribution in [0.3, 0.4) is 0 Å². The number of nitrogens with zero attached hydrogens (tertiary/aromatic N) is 1. The lowest BCUT2D eigenvalue weighted by atomic mass is 10.0. The topological polar surface area (TPSA) is 53.2 Å². The summed E-state index contributed by atoms with van der Waals surface area (Å²) in [6, 6.07) is 2.26. The molecule has 1 fully saturated rings. The third kappa shape index (κ3) is 2.68. The van der Waals surface area contributed by atoms with E-state index in [0.717, 1.165) is 19.3 Å². The quantitative estimate of drug-likeness (QED) is 0.671. The fraction of sp³-hybridized carbons (Fsp3) is 0.900. The summed E-state index contributed by atoms with van der Waals surface area (Å²) in [5.74, 6) is 0.591. The van der Waals surface area contributed by atoms with E-state index in [0.29, 0.717) is 18.9 Å². The van der Waals surface area contributed by atoms with E-state index in [1.165, 1.54) is 0 Å². The molecule has 74 valence electrons. The molecule has 0 aromatic rings. The van der Waals surface area contributed by atoms with Crippen molar-refractivity contribution in [2.75, 3.05) is 13.2 Å². The van der Waals surface area contributed by atoms with Crippen molar-refractivity contribution in [1.29, 1.82) is 5.26 Å².